The quantitative estimate of drug-likeness (QED) is 0.359. The highest BCUT2D eigenvalue weighted by atomic mass is 35.5. The molecule has 1 amide bonds. The van der Waals surface area contributed by atoms with E-state index < -0.39 is 23.0 Å². The first-order valence-corrected chi connectivity index (χ1v) is 14.5. The van der Waals surface area contributed by atoms with E-state index in [2.05, 4.69) is 47.9 Å². The van der Waals surface area contributed by atoms with Gasteiger partial charge in [-0.1, -0.05) is 84.4 Å². The lowest BCUT2D eigenvalue weighted by Crippen LogP contribution is -2.49. The van der Waals surface area contributed by atoms with Gasteiger partial charge in [-0.15, -0.1) is 0 Å². The molecule has 2 aliphatic rings. The van der Waals surface area contributed by atoms with Crippen LogP contribution in [0.5, 0.6) is 0 Å². The van der Waals surface area contributed by atoms with Crippen molar-refractivity contribution < 1.29 is 35.2 Å². The van der Waals surface area contributed by atoms with Crippen molar-refractivity contribution in [2.24, 2.45) is 5.92 Å². The van der Waals surface area contributed by atoms with Crippen molar-refractivity contribution in [3.05, 3.63) is 107 Å². The SMILES string of the molecule is CC(C)N1CC(CN2CCC(O)(c3ccc(Cl)cc3)CC2)C(c2ccccc2)(c2ccccc2)C1=O.O.O=C(O)C(=O)O. The number of nitrogens with zero attached hydrogens (tertiary/aromatic N) is 2. The number of amides is 1. The molecule has 2 heterocycles. The number of likely N-dealkylation sites (tertiary alicyclic amines) is 2. The molecule has 2 fully saturated rings. The van der Waals surface area contributed by atoms with Crippen molar-refractivity contribution in [1.29, 1.82) is 0 Å². The molecule has 2 aliphatic heterocycles. The van der Waals surface area contributed by atoms with E-state index in [1.54, 1.807) is 0 Å². The van der Waals surface area contributed by atoms with Gasteiger partial charge in [0.2, 0.25) is 5.91 Å². The minimum absolute atomic E-state index is 0. The molecule has 3 aromatic carbocycles. The third kappa shape index (κ3) is 7.08. The summed E-state index contributed by atoms with van der Waals surface area (Å²) in [5, 5.41) is 26.9. The Bertz CT molecular complexity index is 1320. The Morgan fingerprint density at radius 2 is 1.30 bits per heavy atom. The molecule has 0 aliphatic carbocycles. The van der Waals surface area contributed by atoms with Crippen molar-refractivity contribution in [2.45, 2.75) is 43.7 Å². The minimum atomic E-state index is -1.82. The summed E-state index contributed by atoms with van der Waals surface area (Å²) in [5.41, 5.74) is 1.48. The number of carbonyl (C=O) groups is 3. The second-order valence-corrected chi connectivity index (χ2v) is 11.7. The Morgan fingerprint density at radius 3 is 1.72 bits per heavy atom. The summed E-state index contributed by atoms with van der Waals surface area (Å²) < 4.78 is 0. The van der Waals surface area contributed by atoms with Crippen LogP contribution >= 0.6 is 11.6 Å². The smallest absolute Gasteiger partial charge is 0.414 e. The van der Waals surface area contributed by atoms with Gasteiger partial charge < -0.3 is 30.6 Å². The minimum Gasteiger partial charge on any atom is -0.473 e. The number of carbonyl (C=O) groups excluding carboxylic acids is 1. The lowest BCUT2D eigenvalue weighted by Gasteiger charge is -2.42. The number of carboxylic acids is 2. The lowest BCUT2D eigenvalue weighted by atomic mass is 9.67. The maximum atomic E-state index is 14.3. The van der Waals surface area contributed by atoms with Crippen LogP contribution in [-0.2, 0) is 25.4 Å². The van der Waals surface area contributed by atoms with Crippen LogP contribution in [0.3, 0.4) is 0 Å². The number of carboxylic acid groups (broad SMARTS) is 2. The molecule has 1 unspecified atom stereocenters. The molecule has 10 heteroatoms. The molecule has 5 rings (SSSR count). The highest BCUT2D eigenvalue weighted by molar-refractivity contribution is 6.30. The fraction of sp³-hybridized carbons (Fsp3) is 0.364. The molecule has 1 atom stereocenters. The van der Waals surface area contributed by atoms with Crippen molar-refractivity contribution in [2.75, 3.05) is 26.2 Å². The summed E-state index contributed by atoms with van der Waals surface area (Å²) in [6, 6.07) is 28.3. The number of aliphatic carboxylic acids is 2. The molecule has 0 spiro atoms. The normalized spacial score (nSPS) is 19.2. The van der Waals surface area contributed by atoms with Gasteiger partial charge in [-0.05, 0) is 55.5 Å². The summed E-state index contributed by atoms with van der Waals surface area (Å²) in [7, 11) is 0. The molecule has 2 saturated heterocycles. The first-order chi connectivity index (χ1) is 20.0. The van der Waals surface area contributed by atoms with Gasteiger partial charge in [-0.3, -0.25) is 4.79 Å². The van der Waals surface area contributed by atoms with Crippen LogP contribution in [-0.4, -0.2) is 80.7 Å². The third-order valence-corrected chi connectivity index (χ3v) is 8.69. The van der Waals surface area contributed by atoms with Crippen molar-refractivity contribution in [3.8, 4) is 0 Å². The lowest BCUT2D eigenvalue weighted by molar-refractivity contribution is -0.159. The Morgan fingerprint density at radius 1 is 0.837 bits per heavy atom. The van der Waals surface area contributed by atoms with E-state index in [4.69, 9.17) is 31.4 Å². The Balaban J connectivity index is 0.000000658. The zero-order valence-corrected chi connectivity index (χ0v) is 25.1. The third-order valence-electron chi connectivity index (χ3n) is 8.44. The molecule has 0 saturated carbocycles. The second kappa shape index (κ2) is 14.1. The van der Waals surface area contributed by atoms with Gasteiger partial charge in [0.1, 0.15) is 5.41 Å². The van der Waals surface area contributed by atoms with Crippen LogP contribution in [0.1, 0.15) is 43.4 Å². The van der Waals surface area contributed by atoms with E-state index in [0.717, 1.165) is 42.9 Å². The first-order valence-electron chi connectivity index (χ1n) is 14.1. The molecule has 0 bridgehead atoms. The zero-order chi connectivity index (χ0) is 30.5. The number of rotatable bonds is 6. The van der Waals surface area contributed by atoms with Gasteiger partial charge in [0, 0.05) is 43.2 Å². The van der Waals surface area contributed by atoms with Crippen molar-refractivity contribution in [1.82, 2.24) is 9.80 Å². The predicted molar refractivity (Wildman–Crippen MR) is 164 cm³/mol. The number of piperidine rings is 1. The van der Waals surface area contributed by atoms with Crippen LogP contribution in [0.15, 0.2) is 84.9 Å². The van der Waals surface area contributed by atoms with Crippen LogP contribution in [0.2, 0.25) is 5.02 Å². The zero-order valence-electron chi connectivity index (χ0n) is 24.3. The molecule has 3 aromatic rings. The molecule has 9 nitrogen and oxygen atoms in total. The van der Waals surface area contributed by atoms with E-state index in [1.165, 1.54) is 0 Å². The number of hydrogen-bond acceptors (Lipinski definition) is 5. The average Bonchev–Trinajstić information content (AvgIpc) is 3.28. The fourth-order valence-electron chi connectivity index (χ4n) is 6.25. The molecule has 230 valence electrons. The van der Waals surface area contributed by atoms with Gasteiger partial charge in [-0.2, -0.15) is 0 Å². The summed E-state index contributed by atoms with van der Waals surface area (Å²) in [6.45, 7) is 7.30. The molecule has 0 radical (unpaired) electrons. The second-order valence-electron chi connectivity index (χ2n) is 11.2. The van der Waals surface area contributed by atoms with Gasteiger partial charge in [-0.25, -0.2) is 9.59 Å². The monoisotopic (exact) mass is 610 g/mol. The molecular weight excluding hydrogens is 572 g/mol. The van der Waals surface area contributed by atoms with Crippen LogP contribution in [0, 0.1) is 5.92 Å². The highest BCUT2D eigenvalue weighted by Crippen LogP contribution is 2.47. The van der Waals surface area contributed by atoms with E-state index in [1.807, 2.05) is 60.7 Å². The van der Waals surface area contributed by atoms with E-state index in [9.17, 15) is 9.90 Å². The van der Waals surface area contributed by atoms with Gasteiger partial charge in [0.05, 0.1) is 5.60 Å². The highest BCUT2D eigenvalue weighted by Gasteiger charge is 2.57. The fourth-order valence-corrected chi connectivity index (χ4v) is 6.38. The Labute approximate surface area is 256 Å². The Hall–Kier alpha value is -3.76. The first kappa shape index (κ1) is 33.7. The topological polar surface area (TPSA) is 150 Å². The summed E-state index contributed by atoms with van der Waals surface area (Å²) >= 11 is 6.07. The number of halogens is 1. The maximum absolute atomic E-state index is 14.3. The van der Waals surface area contributed by atoms with Crippen LogP contribution in [0.4, 0.5) is 0 Å². The standard InChI is InChI=1S/C31H35ClN2O2.C2H2O4.H2O/c1-23(2)34-22-27(21-33-19-17-30(36,18-20-33)24-13-15-28(32)16-14-24)31(29(34)35,25-9-5-3-6-10-25)26-11-7-4-8-12-26;3-1(4)2(5)6;/h3-16,23,27,36H,17-22H2,1-2H3;(H,3,4)(H,5,6);1H2. The average molecular weight is 611 g/mol. The number of aliphatic hydroxyl groups is 1. The molecule has 0 aromatic heterocycles. The van der Waals surface area contributed by atoms with E-state index in [0.29, 0.717) is 17.9 Å². The van der Waals surface area contributed by atoms with Crippen LogP contribution in [0.25, 0.3) is 0 Å². The maximum Gasteiger partial charge on any atom is 0.414 e. The predicted octanol–water partition coefficient (Wildman–Crippen LogP) is 3.81. The number of benzene rings is 3. The van der Waals surface area contributed by atoms with Crippen LogP contribution < -0.4 is 0 Å². The van der Waals surface area contributed by atoms with E-state index >= 15 is 0 Å². The summed E-state index contributed by atoms with van der Waals surface area (Å²) in [5.74, 6) is -3.36. The molecule has 5 N–H and O–H groups in total. The largest absolute Gasteiger partial charge is 0.473 e. The van der Waals surface area contributed by atoms with Crippen molar-refractivity contribution in [3.63, 3.8) is 0 Å². The van der Waals surface area contributed by atoms with Gasteiger partial charge >= 0.3 is 11.9 Å². The van der Waals surface area contributed by atoms with E-state index in [-0.39, 0.29) is 23.3 Å². The van der Waals surface area contributed by atoms with Gasteiger partial charge in [0.25, 0.3) is 0 Å². The molecular formula is C33H39ClN2O7. The number of hydrogen-bond donors (Lipinski definition) is 3. The summed E-state index contributed by atoms with van der Waals surface area (Å²) in [6.07, 6.45) is 1.32. The molecule has 43 heavy (non-hydrogen) atoms. The van der Waals surface area contributed by atoms with Crippen molar-refractivity contribution >= 4 is 29.4 Å². The Kier molecular flexibility index (Phi) is 11.1. The van der Waals surface area contributed by atoms with Gasteiger partial charge in [0.15, 0.2) is 0 Å². The summed E-state index contributed by atoms with van der Waals surface area (Å²) in [4.78, 5) is 37.0.